The van der Waals surface area contributed by atoms with Crippen molar-refractivity contribution in [1.82, 2.24) is 4.98 Å². The highest BCUT2D eigenvalue weighted by Gasteiger charge is 2.15. The molecule has 0 atom stereocenters. The molecule has 180 valence electrons. The third kappa shape index (κ3) is 4.00. The number of oxazole rings is 1. The van der Waals surface area contributed by atoms with E-state index in [2.05, 4.69) is 120 Å². The van der Waals surface area contributed by atoms with Crippen LogP contribution in [0.2, 0.25) is 0 Å². The topological polar surface area (TPSA) is 29.3 Å². The molecular weight excluding hydrogens is 464 g/mol. The molecule has 3 heteroatoms. The van der Waals surface area contributed by atoms with Crippen molar-refractivity contribution in [2.24, 2.45) is 0 Å². The first-order valence-electron chi connectivity index (χ1n) is 12.7. The van der Waals surface area contributed by atoms with Gasteiger partial charge in [0.1, 0.15) is 5.52 Å². The Hall–Kier alpha value is -5.15. The highest BCUT2D eigenvalue weighted by atomic mass is 16.3. The molecule has 0 unspecified atom stereocenters. The lowest BCUT2D eigenvalue weighted by Gasteiger charge is -2.25. The Bertz CT molecular complexity index is 1840. The molecule has 0 bridgehead atoms. The van der Waals surface area contributed by atoms with Crippen LogP contribution >= 0.6 is 0 Å². The maximum Gasteiger partial charge on any atom is 0.227 e. The van der Waals surface area contributed by atoms with Crippen molar-refractivity contribution in [2.75, 3.05) is 4.90 Å². The molecule has 0 aliphatic rings. The van der Waals surface area contributed by atoms with Gasteiger partial charge in [0, 0.05) is 28.0 Å². The predicted octanol–water partition coefficient (Wildman–Crippen LogP) is 9.78. The van der Waals surface area contributed by atoms with Crippen molar-refractivity contribution in [3.8, 4) is 22.6 Å². The smallest absolute Gasteiger partial charge is 0.227 e. The highest BCUT2D eigenvalue weighted by Crippen LogP contribution is 2.37. The molecule has 0 amide bonds. The van der Waals surface area contributed by atoms with Gasteiger partial charge < -0.3 is 9.32 Å². The molecule has 1 heterocycles. The zero-order valence-electron chi connectivity index (χ0n) is 20.7. The van der Waals surface area contributed by atoms with Crippen molar-refractivity contribution in [2.45, 2.75) is 0 Å². The molecule has 0 aliphatic heterocycles. The fourth-order valence-electron chi connectivity index (χ4n) is 5.00. The minimum Gasteiger partial charge on any atom is -0.436 e. The van der Waals surface area contributed by atoms with Gasteiger partial charge in [0.15, 0.2) is 5.58 Å². The molecule has 0 N–H and O–H groups in total. The summed E-state index contributed by atoms with van der Waals surface area (Å²) in [5, 5.41) is 2.26. The molecule has 0 fully saturated rings. The molecule has 6 aromatic carbocycles. The van der Waals surface area contributed by atoms with Gasteiger partial charge in [0.05, 0.1) is 0 Å². The quantitative estimate of drug-likeness (QED) is 0.241. The maximum absolute atomic E-state index is 6.16. The van der Waals surface area contributed by atoms with Gasteiger partial charge in [0.2, 0.25) is 5.89 Å². The van der Waals surface area contributed by atoms with Gasteiger partial charge in [-0.05, 0) is 71.1 Å². The largest absolute Gasteiger partial charge is 0.436 e. The monoisotopic (exact) mass is 488 g/mol. The summed E-state index contributed by atoms with van der Waals surface area (Å²) >= 11 is 0. The van der Waals surface area contributed by atoms with Crippen molar-refractivity contribution >= 4 is 38.9 Å². The van der Waals surface area contributed by atoms with Crippen LogP contribution in [0.25, 0.3) is 44.5 Å². The van der Waals surface area contributed by atoms with Crippen LogP contribution in [0, 0.1) is 0 Å². The first-order valence-corrected chi connectivity index (χ1v) is 12.7. The van der Waals surface area contributed by atoms with Crippen LogP contribution in [0.15, 0.2) is 150 Å². The summed E-state index contributed by atoms with van der Waals surface area (Å²) < 4.78 is 6.16. The summed E-state index contributed by atoms with van der Waals surface area (Å²) in [5.74, 6) is 0.626. The Balaban J connectivity index is 1.26. The number of rotatable bonds is 5. The zero-order valence-corrected chi connectivity index (χ0v) is 20.7. The third-order valence-electron chi connectivity index (χ3n) is 6.90. The van der Waals surface area contributed by atoms with Gasteiger partial charge in [-0.2, -0.15) is 0 Å². The van der Waals surface area contributed by atoms with E-state index in [9.17, 15) is 0 Å². The molecule has 0 aliphatic carbocycles. The van der Waals surface area contributed by atoms with Crippen molar-refractivity contribution < 1.29 is 4.42 Å². The molecule has 0 saturated heterocycles. The lowest BCUT2D eigenvalue weighted by molar-refractivity contribution is 0.620. The fraction of sp³-hybridized carbons (Fsp3) is 0. The van der Waals surface area contributed by atoms with Crippen molar-refractivity contribution in [1.29, 1.82) is 0 Å². The summed E-state index contributed by atoms with van der Waals surface area (Å²) in [6, 6.07) is 50.4. The first kappa shape index (κ1) is 22.1. The van der Waals surface area contributed by atoms with E-state index in [0.29, 0.717) is 5.89 Å². The molecule has 0 saturated carbocycles. The molecule has 38 heavy (non-hydrogen) atoms. The van der Waals surface area contributed by atoms with Crippen LogP contribution in [0.3, 0.4) is 0 Å². The van der Waals surface area contributed by atoms with E-state index in [1.807, 2.05) is 30.3 Å². The van der Waals surface area contributed by atoms with E-state index in [1.54, 1.807) is 0 Å². The van der Waals surface area contributed by atoms with Crippen LogP contribution < -0.4 is 4.90 Å². The van der Waals surface area contributed by atoms with Gasteiger partial charge in [-0.25, -0.2) is 4.98 Å². The summed E-state index contributed by atoms with van der Waals surface area (Å²) in [6.45, 7) is 0. The molecular formula is C35H24N2O. The van der Waals surface area contributed by atoms with Crippen LogP contribution in [-0.2, 0) is 0 Å². The van der Waals surface area contributed by atoms with Crippen LogP contribution in [0.4, 0.5) is 17.1 Å². The number of benzene rings is 6. The lowest BCUT2D eigenvalue weighted by atomic mass is 10.0. The van der Waals surface area contributed by atoms with E-state index in [4.69, 9.17) is 9.40 Å². The molecule has 1 aromatic heterocycles. The maximum atomic E-state index is 6.16. The van der Waals surface area contributed by atoms with E-state index in [0.717, 1.165) is 44.5 Å². The van der Waals surface area contributed by atoms with E-state index in [-0.39, 0.29) is 0 Å². The summed E-state index contributed by atoms with van der Waals surface area (Å²) in [5.41, 5.74) is 8.30. The second-order valence-corrected chi connectivity index (χ2v) is 9.28. The third-order valence-corrected chi connectivity index (χ3v) is 6.90. The number of hydrogen-bond donors (Lipinski definition) is 0. The number of aromatic nitrogens is 1. The average Bonchev–Trinajstić information content (AvgIpc) is 3.44. The highest BCUT2D eigenvalue weighted by molar-refractivity contribution is 6.04. The summed E-state index contributed by atoms with van der Waals surface area (Å²) in [7, 11) is 0. The Morgan fingerprint density at radius 1 is 0.447 bits per heavy atom. The Kier molecular flexibility index (Phi) is 5.45. The van der Waals surface area contributed by atoms with Crippen LogP contribution in [0.1, 0.15) is 0 Å². The second kappa shape index (κ2) is 9.38. The molecule has 7 rings (SSSR count). The molecule has 3 nitrogen and oxygen atoms in total. The van der Waals surface area contributed by atoms with E-state index >= 15 is 0 Å². The normalized spacial score (nSPS) is 11.2. The minimum atomic E-state index is 0.626. The number of fused-ring (bicyclic) bond motifs is 3. The van der Waals surface area contributed by atoms with Gasteiger partial charge in [0.25, 0.3) is 0 Å². The average molecular weight is 489 g/mol. The fourth-order valence-corrected chi connectivity index (χ4v) is 5.00. The van der Waals surface area contributed by atoms with Gasteiger partial charge >= 0.3 is 0 Å². The second-order valence-electron chi connectivity index (χ2n) is 9.28. The standard InChI is InChI=1S/C35H24N2O/c1-3-9-25(10-4-1)26-15-20-30(21-16-26)37(29-12-5-2-6-13-29)31-22-17-28(18-23-31)35-36-34-32-14-8-7-11-27(32)19-24-33(34)38-35/h1-24H. The van der Waals surface area contributed by atoms with Gasteiger partial charge in [-0.15, -0.1) is 0 Å². The Labute approximate surface area is 221 Å². The Morgan fingerprint density at radius 2 is 1.00 bits per heavy atom. The van der Waals surface area contributed by atoms with Crippen molar-refractivity contribution in [3.63, 3.8) is 0 Å². The molecule has 0 radical (unpaired) electrons. The SMILES string of the molecule is c1ccc(-c2ccc(N(c3ccccc3)c3ccc(-c4nc5c(ccc6ccccc65)o4)cc3)cc2)cc1. The Morgan fingerprint density at radius 3 is 1.71 bits per heavy atom. The van der Waals surface area contributed by atoms with Gasteiger partial charge in [-0.3, -0.25) is 0 Å². The minimum absolute atomic E-state index is 0.626. The number of nitrogens with zero attached hydrogens (tertiary/aromatic N) is 2. The number of hydrogen-bond acceptors (Lipinski definition) is 3. The summed E-state index contributed by atoms with van der Waals surface area (Å²) in [6.07, 6.45) is 0. The van der Waals surface area contributed by atoms with E-state index in [1.165, 1.54) is 11.1 Å². The molecule has 7 aromatic rings. The number of anilines is 3. The zero-order chi connectivity index (χ0) is 25.3. The predicted molar refractivity (Wildman–Crippen MR) is 157 cm³/mol. The molecule has 0 spiro atoms. The van der Waals surface area contributed by atoms with E-state index < -0.39 is 0 Å². The van der Waals surface area contributed by atoms with Crippen LogP contribution in [0.5, 0.6) is 0 Å². The first-order chi connectivity index (χ1) is 18.8. The number of para-hydroxylation sites is 1. The van der Waals surface area contributed by atoms with Crippen LogP contribution in [-0.4, -0.2) is 4.98 Å². The lowest BCUT2D eigenvalue weighted by Crippen LogP contribution is -2.09. The summed E-state index contributed by atoms with van der Waals surface area (Å²) in [4.78, 5) is 7.12. The van der Waals surface area contributed by atoms with Crippen molar-refractivity contribution in [3.05, 3.63) is 146 Å². The van der Waals surface area contributed by atoms with Gasteiger partial charge in [-0.1, -0.05) is 91.0 Å².